The molecule has 2 atom stereocenters. The molecule has 1 saturated heterocycles. The molecule has 2 fully saturated rings. The van der Waals surface area contributed by atoms with Crippen LogP contribution >= 0.6 is 11.9 Å². The van der Waals surface area contributed by atoms with Gasteiger partial charge in [-0.2, -0.15) is 0 Å². The zero-order valence-electron chi connectivity index (χ0n) is 17.2. The van der Waals surface area contributed by atoms with E-state index in [9.17, 15) is 9.18 Å². The lowest BCUT2D eigenvalue weighted by Crippen LogP contribution is -2.50. The molecule has 7 nitrogen and oxygen atoms in total. The molecule has 0 radical (unpaired) electrons. The van der Waals surface area contributed by atoms with Crippen LogP contribution in [0, 0.1) is 5.82 Å². The maximum atomic E-state index is 14.9. The number of amides is 1. The van der Waals surface area contributed by atoms with Crippen molar-refractivity contribution in [2.45, 2.75) is 57.3 Å². The molecule has 2 aromatic heterocycles. The van der Waals surface area contributed by atoms with Crippen molar-refractivity contribution in [3.8, 4) is 0 Å². The van der Waals surface area contributed by atoms with Crippen LogP contribution in [0.5, 0.6) is 0 Å². The van der Waals surface area contributed by atoms with Crippen molar-refractivity contribution in [3.05, 3.63) is 29.8 Å². The van der Waals surface area contributed by atoms with Crippen molar-refractivity contribution in [2.24, 2.45) is 0 Å². The summed E-state index contributed by atoms with van der Waals surface area (Å²) in [5, 5.41) is 3.70. The molecule has 4 rings (SSSR count). The van der Waals surface area contributed by atoms with Gasteiger partial charge in [0.1, 0.15) is 17.6 Å². The van der Waals surface area contributed by atoms with Gasteiger partial charge in [-0.25, -0.2) is 9.37 Å². The van der Waals surface area contributed by atoms with Gasteiger partial charge in [-0.1, -0.05) is 0 Å². The molecule has 9 heteroatoms. The lowest BCUT2D eigenvalue weighted by Gasteiger charge is -2.34. The van der Waals surface area contributed by atoms with Crippen LogP contribution in [-0.2, 0) is 20.4 Å². The maximum absolute atomic E-state index is 14.9. The Balaban J connectivity index is 1.63. The molecule has 1 amide bonds. The van der Waals surface area contributed by atoms with Gasteiger partial charge in [0.25, 0.3) is 5.91 Å². The van der Waals surface area contributed by atoms with Gasteiger partial charge in [-0.3, -0.25) is 9.08 Å². The Hall–Kier alpha value is -1.74. The van der Waals surface area contributed by atoms with Crippen LogP contribution in [0.25, 0.3) is 11.0 Å². The highest BCUT2D eigenvalue weighted by atomic mass is 35.5. The van der Waals surface area contributed by atoms with Crippen LogP contribution in [0.2, 0.25) is 0 Å². The summed E-state index contributed by atoms with van der Waals surface area (Å²) < 4.78 is 27.1. The van der Waals surface area contributed by atoms with Crippen LogP contribution in [0.3, 0.4) is 0 Å². The number of pyridine rings is 1. The molecule has 0 aromatic carbocycles. The van der Waals surface area contributed by atoms with Gasteiger partial charge in [-0.05, 0) is 38.7 Å². The predicted molar refractivity (Wildman–Crippen MR) is 112 cm³/mol. The van der Waals surface area contributed by atoms with Crippen molar-refractivity contribution in [2.75, 3.05) is 26.3 Å². The highest BCUT2D eigenvalue weighted by Gasteiger charge is 2.40. The molecule has 2 aromatic rings. The van der Waals surface area contributed by atoms with Gasteiger partial charge in [0.15, 0.2) is 0 Å². The first kappa shape index (κ1) is 21.5. The van der Waals surface area contributed by atoms with Gasteiger partial charge < -0.3 is 19.5 Å². The molecule has 1 saturated carbocycles. The van der Waals surface area contributed by atoms with E-state index in [0.29, 0.717) is 37.3 Å². The number of morpholine rings is 1. The number of fused-ring (bicyclic) bond motifs is 1. The number of carbonyl (C=O) groups is 1. The molecule has 3 heterocycles. The van der Waals surface area contributed by atoms with Crippen LogP contribution in [0.15, 0.2) is 18.5 Å². The van der Waals surface area contributed by atoms with Gasteiger partial charge in [0.05, 0.1) is 36.5 Å². The average Bonchev–Trinajstić information content (AvgIpc) is 3.52. The first-order valence-corrected chi connectivity index (χ1v) is 10.9. The van der Waals surface area contributed by atoms with Gasteiger partial charge >= 0.3 is 0 Å². The lowest BCUT2D eigenvalue weighted by atomic mass is 10.1. The van der Waals surface area contributed by atoms with E-state index in [-0.39, 0.29) is 23.8 Å². The molecule has 1 aliphatic heterocycles. The number of hydrogen-bond donors (Lipinski definition) is 1. The van der Waals surface area contributed by atoms with Crippen LogP contribution < -0.4 is 5.32 Å². The third-order valence-electron chi connectivity index (χ3n) is 5.87. The van der Waals surface area contributed by atoms with E-state index < -0.39 is 6.10 Å². The van der Waals surface area contributed by atoms with Crippen molar-refractivity contribution in [1.82, 2.24) is 19.8 Å². The average molecular weight is 439 g/mol. The van der Waals surface area contributed by atoms with Gasteiger partial charge in [0, 0.05) is 43.6 Å². The minimum atomic E-state index is -0.492. The zero-order chi connectivity index (χ0) is 21.1. The number of carbonyl (C=O) groups excluding carboxylic acids is 1. The first-order chi connectivity index (χ1) is 14.6. The Labute approximate surface area is 180 Å². The maximum Gasteiger partial charge on any atom is 0.253 e. The number of unbranched alkanes of at least 4 members (excludes halogenated alkanes) is 1. The standard InChI is InChI=1S/C21H28ClFN4O3/c1-14(27(15-4-5-15)21(28)18-12-24-8-11-29-18)16-13-26(9-2-3-10-30-22)20-19(16)17(23)6-7-25-20/h6-7,13-15,18,24H,2-5,8-12H2,1H3/t14-,18+/m0/s1. The van der Waals surface area contributed by atoms with Crippen LogP contribution in [0.1, 0.15) is 44.2 Å². The number of rotatable bonds is 9. The third-order valence-corrected chi connectivity index (χ3v) is 6.03. The van der Waals surface area contributed by atoms with Crippen molar-refractivity contribution in [1.29, 1.82) is 0 Å². The molecular formula is C21H28ClFN4O3. The summed E-state index contributed by atoms with van der Waals surface area (Å²) in [6.07, 6.45) is 6.49. The number of aromatic nitrogens is 2. The number of aryl methyl sites for hydroxylation is 1. The Bertz CT molecular complexity index is 883. The predicted octanol–water partition coefficient (Wildman–Crippen LogP) is 3.17. The van der Waals surface area contributed by atoms with Crippen LogP contribution in [-0.4, -0.2) is 58.8 Å². The molecule has 1 N–H and O–H groups in total. The number of hydrogen-bond acceptors (Lipinski definition) is 5. The second-order valence-electron chi connectivity index (χ2n) is 8.01. The normalized spacial score (nSPS) is 20.4. The molecule has 0 spiro atoms. The Morgan fingerprint density at radius 1 is 1.50 bits per heavy atom. The summed E-state index contributed by atoms with van der Waals surface area (Å²) in [5.74, 6) is -0.342. The van der Waals surface area contributed by atoms with E-state index in [1.807, 2.05) is 22.6 Å². The zero-order valence-corrected chi connectivity index (χ0v) is 17.9. The highest BCUT2D eigenvalue weighted by molar-refractivity contribution is 6.07. The minimum Gasteiger partial charge on any atom is -0.366 e. The van der Waals surface area contributed by atoms with Crippen molar-refractivity contribution in [3.63, 3.8) is 0 Å². The molecule has 2 aliphatic rings. The Morgan fingerprint density at radius 2 is 2.33 bits per heavy atom. The molecule has 0 unspecified atom stereocenters. The summed E-state index contributed by atoms with van der Waals surface area (Å²) >= 11 is 5.29. The third kappa shape index (κ3) is 4.46. The van der Waals surface area contributed by atoms with E-state index in [1.165, 1.54) is 12.3 Å². The monoisotopic (exact) mass is 438 g/mol. The number of nitrogens with one attached hydrogen (secondary N) is 1. The number of nitrogens with zero attached hydrogens (tertiary/aromatic N) is 3. The van der Waals surface area contributed by atoms with Crippen molar-refractivity contribution < 1.29 is 18.2 Å². The SMILES string of the molecule is C[C@@H](c1cn(CCCCOCl)c2nccc(F)c12)N(C(=O)[C@H]1CNCCO1)C1CC1. The molecular weight excluding hydrogens is 411 g/mol. The molecule has 164 valence electrons. The second-order valence-corrected chi connectivity index (χ2v) is 8.22. The lowest BCUT2D eigenvalue weighted by molar-refractivity contribution is -0.148. The molecule has 0 bridgehead atoms. The molecule has 1 aliphatic carbocycles. The summed E-state index contributed by atoms with van der Waals surface area (Å²) in [5.41, 5.74) is 1.38. The summed E-state index contributed by atoms with van der Waals surface area (Å²) in [4.78, 5) is 19.6. The Kier molecular flexibility index (Phi) is 6.87. The highest BCUT2D eigenvalue weighted by Crippen LogP contribution is 2.38. The summed E-state index contributed by atoms with van der Waals surface area (Å²) in [7, 11) is 0. The number of halogens is 2. The Morgan fingerprint density at radius 3 is 3.03 bits per heavy atom. The summed E-state index contributed by atoms with van der Waals surface area (Å²) in [6.45, 7) is 4.89. The fraction of sp³-hybridized carbons (Fsp3) is 0.619. The largest absolute Gasteiger partial charge is 0.366 e. The van der Waals surface area contributed by atoms with E-state index in [4.69, 9.17) is 16.6 Å². The van der Waals surface area contributed by atoms with E-state index >= 15 is 0 Å². The first-order valence-electron chi connectivity index (χ1n) is 10.6. The van der Waals surface area contributed by atoms with Gasteiger partial charge in [-0.15, -0.1) is 0 Å². The second kappa shape index (κ2) is 9.60. The van der Waals surface area contributed by atoms with E-state index in [0.717, 1.165) is 37.8 Å². The quantitative estimate of drug-likeness (QED) is 0.609. The summed E-state index contributed by atoms with van der Waals surface area (Å²) in [6, 6.07) is 1.28. The van der Waals surface area contributed by atoms with Crippen LogP contribution in [0.4, 0.5) is 4.39 Å². The van der Waals surface area contributed by atoms with E-state index in [1.54, 1.807) is 0 Å². The minimum absolute atomic E-state index is 0.0262. The fourth-order valence-corrected chi connectivity index (χ4v) is 4.32. The molecule has 30 heavy (non-hydrogen) atoms. The fourth-order valence-electron chi connectivity index (χ4n) is 4.21. The number of ether oxygens (including phenoxy) is 1. The van der Waals surface area contributed by atoms with Crippen molar-refractivity contribution >= 4 is 28.8 Å². The van der Waals surface area contributed by atoms with Gasteiger partial charge in [0.2, 0.25) is 0 Å². The van der Waals surface area contributed by atoms with E-state index in [2.05, 4.69) is 14.6 Å². The topological polar surface area (TPSA) is 68.6 Å². The smallest absolute Gasteiger partial charge is 0.253 e.